The van der Waals surface area contributed by atoms with Crippen molar-refractivity contribution in [2.24, 2.45) is 11.8 Å². The van der Waals surface area contributed by atoms with E-state index in [0.29, 0.717) is 0 Å². The lowest BCUT2D eigenvalue weighted by Gasteiger charge is -2.41. The average Bonchev–Trinajstić information content (AvgIpc) is 3.18. The molecule has 0 N–H and O–H groups in total. The minimum Gasteiger partial charge on any atom is -0.369 e. The van der Waals surface area contributed by atoms with Crippen LogP contribution in [0.4, 0.5) is 11.4 Å². The SMILES string of the molecule is O=[N+]([O-])c1ccc(N2CCN([C@H]3C[C@H]4CC[C@H]3C4)CC2)cc1. The first-order valence-electron chi connectivity index (χ1n) is 8.44. The van der Waals surface area contributed by atoms with Gasteiger partial charge < -0.3 is 4.90 Å². The van der Waals surface area contributed by atoms with Gasteiger partial charge in [0.2, 0.25) is 0 Å². The number of hydrogen-bond donors (Lipinski definition) is 0. The number of rotatable bonds is 3. The molecule has 2 saturated carbocycles. The molecule has 22 heavy (non-hydrogen) atoms. The van der Waals surface area contributed by atoms with Gasteiger partial charge in [0.1, 0.15) is 0 Å². The van der Waals surface area contributed by atoms with Gasteiger partial charge in [-0.15, -0.1) is 0 Å². The van der Waals surface area contributed by atoms with Crippen LogP contribution in [0.2, 0.25) is 0 Å². The molecule has 0 amide bonds. The van der Waals surface area contributed by atoms with Crippen LogP contribution in [0.25, 0.3) is 0 Å². The van der Waals surface area contributed by atoms with Crippen LogP contribution in [0.5, 0.6) is 0 Å². The number of piperazine rings is 1. The molecule has 4 rings (SSSR count). The maximum atomic E-state index is 10.7. The minimum atomic E-state index is -0.336. The quantitative estimate of drug-likeness (QED) is 0.636. The second-order valence-electron chi connectivity index (χ2n) is 7.04. The monoisotopic (exact) mass is 301 g/mol. The molecule has 1 aromatic carbocycles. The second kappa shape index (κ2) is 5.54. The Morgan fingerprint density at radius 2 is 1.73 bits per heavy atom. The molecule has 0 spiro atoms. The highest BCUT2D eigenvalue weighted by Crippen LogP contribution is 2.46. The van der Waals surface area contributed by atoms with E-state index in [1.807, 2.05) is 12.1 Å². The lowest BCUT2D eigenvalue weighted by molar-refractivity contribution is -0.384. The molecule has 118 valence electrons. The van der Waals surface area contributed by atoms with Crippen molar-refractivity contribution in [3.63, 3.8) is 0 Å². The number of nitro groups is 1. The number of fused-ring (bicyclic) bond motifs is 2. The Morgan fingerprint density at radius 1 is 1.00 bits per heavy atom. The predicted octanol–water partition coefficient (Wildman–Crippen LogP) is 2.91. The highest BCUT2D eigenvalue weighted by molar-refractivity contribution is 5.51. The van der Waals surface area contributed by atoms with E-state index in [-0.39, 0.29) is 10.6 Å². The van der Waals surface area contributed by atoms with Crippen molar-refractivity contribution < 1.29 is 4.92 Å². The molecule has 1 saturated heterocycles. The lowest BCUT2D eigenvalue weighted by Crippen LogP contribution is -2.51. The van der Waals surface area contributed by atoms with Crippen molar-refractivity contribution in [3.8, 4) is 0 Å². The molecule has 3 atom stereocenters. The summed E-state index contributed by atoms with van der Waals surface area (Å²) in [5, 5.41) is 10.7. The van der Waals surface area contributed by atoms with Gasteiger partial charge in [-0.3, -0.25) is 15.0 Å². The van der Waals surface area contributed by atoms with Crippen LogP contribution in [0.3, 0.4) is 0 Å². The van der Waals surface area contributed by atoms with Crippen LogP contribution in [0.15, 0.2) is 24.3 Å². The van der Waals surface area contributed by atoms with Gasteiger partial charge in [0.15, 0.2) is 0 Å². The van der Waals surface area contributed by atoms with Crippen LogP contribution in [0.1, 0.15) is 25.7 Å². The first-order valence-corrected chi connectivity index (χ1v) is 8.44. The second-order valence-corrected chi connectivity index (χ2v) is 7.04. The van der Waals surface area contributed by atoms with Crippen LogP contribution in [-0.2, 0) is 0 Å². The minimum absolute atomic E-state index is 0.171. The zero-order valence-electron chi connectivity index (χ0n) is 12.9. The summed E-state index contributed by atoms with van der Waals surface area (Å²) < 4.78 is 0. The number of benzene rings is 1. The molecule has 1 aromatic rings. The summed E-state index contributed by atoms with van der Waals surface area (Å²) in [5.74, 6) is 1.96. The number of non-ortho nitro benzene ring substituents is 1. The Bertz CT molecular complexity index is 552. The fraction of sp³-hybridized carbons (Fsp3) is 0.647. The summed E-state index contributed by atoms with van der Waals surface area (Å²) in [6.45, 7) is 4.33. The number of hydrogen-bond acceptors (Lipinski definition) is 4. The molecule has 0 unspecified atom stereocenters. The molecule has 3 fully saturated rings. The number of anilines is 1. The molecule has 0 aromatic heterocycles. The van der Waals surface area contributed by atoms with Crippen molar-refractivity contribution in [1.82, 2.24) is 4.90 Å². The topological polar surface area (TPSA) is 49.6 Å². The smallest absolute Gasteiger partial charge is 0.269 e. The lowest BCUT2D eigenvalue weighted by atomic mass is 9.93. The summed E-state index contributed by atoms with van der Waals surface area (Å²) >= 11 is 0. The standard InChI is InChI=1S/C17H23N3O2/c21-20(22)16-5-3-15(4-6-16)18-7-9-19(10-8-18)17-12-13-1-2-14(17)11-13/h3-6,13-14,17H,1-2,7-12H2/t13-,14-,17-/m0/s1. The van der Waals surface area contributed by atoms with E-state index >= 15 is 0 Å². The molecule has 3 aliphatic rings. The average molecular weight is 301 g/mol. The van der Waals surface area contributed by atoms with Gasteiger partial charge in [0.25, 0.3) is 5.69 Å². The third-order valence-corrected chi connectivity index (χ3v) is 5.91. The molecule has 1 heterocycles. The zero-order valence-corrected chi connectivity index (χ0v) is 12.9. The molecular weight excluding hydrogens is 278 g/mol. The Labute approximate surface area is 131 Å². The maximum Gasteiger partial charge on any atom is 0.269 e. The zero-order chi connectivity index (χ0) is 15.1. The van der Waals surface area contributed by atoms with E-state index in [2.05, 4.69) is 9.80 Å². The van der Waals surface area contributed by atoms with Crippen molar-refractivity contribution >= 4 is 11.4 Å². The Morgan fingerprint density at radius 3 is 2.27 bits per heavy atom. The molecule has 5 nitrogen and oxygen atoms in total. The van der Waals surface area contributed by atoms with Crippen LogP contribution in [0, 0.1) is 22.0 Å². The van der Waals surface area contributed by atoms with Gasteiger partial charge in [0, 0.05) is 50.0 Å². The molecular formula is C17H23N3O2. The van der Waals surface area contributed by atoms with Crippen molar-refractivity contribution in [2.75, 3.05) is 31.1 Å². The highest BCUT2D eigenvalue weighted by Gasteiger charge is 2.42. The molecule has 1 aliphatic heterocycles. The number of nitrogens with zero attached hydrogens (tertiary/aromatic N) is 3. The Kier molecular flexibility index (Phi) is 3.53. The van der Waals surface area contributed by atoms with E-state index in [9.17, 15) is 10.1 Å². The van der Waals surface area contributed by atoms with Crippen LogP contribution >= 0.6 is 0 Å². The van der Waals surface area contributed by atoms with E-state index < -0.39 is 0 Å². The van der Waals surface area contributed by atoms with E-state index in [0.717, 1.165) is 49.7 Å². The third kappa shape index (κ3) is 2.47. The summed E-state index contributed by atoms with van der Waals surface area (Å²) in [4.78, 5) is 15.4. The van der Waals surface area contributed by atoms with Crippen LogP contribution < -0.4 is 4.90 Å². The predicted molar refractivity (Wildman–Crippen MR) is 86.1 cm³/mol. The van der Waals surface area contributed by atoms with E-state index in [1.54, 1.807) is 12.1 Å². The van der Waals surface area contributed by atoms with Crippen molar-refractivity contribution in [3.05, 3.63) is 34.4 Å². The molecule has 0 radical (unpaired) electrons. The molecule has 2 aliphatic carbocycles. The summed E-state index contributed by atoms with van der Waals surface area (Å²) in [6.07, 6.45) is 5.79. The van der Waals surface area contributed by atoms with Crippen LogP contribution in [-0.4, -0.2) is 42.0 Å². The summed E-state index contributed by atoms with van der Waals surface area (Å²) in [5.41, 5.74) is 1.28. The summed E-state index contributed by atoms with van der Waals surface area (Å²) in [7, 11) is 0. The molecule has 5 heteroatoms. The van der Waals surface area contributed by atoms with E-state index in [1.165, 1.54) is 25.7 Å². The largest absolute Gasteiger partial charge is 0.369 e. The first-order chi connectivity index (χ1) is 10.7. The Hall–Kier alpha value is -1.62. The van der Waals surface area contributed by atoms with E-state index in [4.69, 9.17) is 0 Å². The maximum absolute atomic E-state index is 10.7. The third-order valence-electron chi connectivity index (χ3n) is 5.91. The Balaban J connectivity index is 1.36. The van der Waals surface area contributed by atoms with Gasteiger partial charge in [-0.2, -0.15) is 0 Å². The molecule has 2 bridgehead atoms. The number of nitro benzene ring substituents is 1. The van der Waals surface area contributed by atoms with Gasteiger partial charge in [0.05, 0.1) is 4.92 Å². The van der Waals surface area contributed by atoms with Gasteiger partial charge in [-0.05, 0) is 43.2 Å². The van der Waals surface area contributed by atoms with Crippen molar-refractivity contribution in [1.29, 1.82) is 0 Å². The highest BCUT2D eigenvalue weighted by atomic mass is 16.6. The van der Waals surface area contributed by atoms with Crippen molar-refractivity contribution in [2.45, 2.75) is 31.7 Å². The normalized spacial score (nSPS) is 31.6. The first kappa shape index (κ1) is 14.0. The van der Waals surface area contributed by atoms with Gasteiger partial charge in [-0.1, -0.05) is 6.42 Å². The fourth-order valence-corrected chi connectivity index (χ4v) is 4.76. The van der Waals surface area contributed by atoms with Gasteiger partial charge in [-0.25, -0.2) is 0 Å². The summed E-state index contributed by atoms with van der Waals surface area (Å²) in [6, 6.07) is 7.81. The fourth-order valence-electron chi connectivity index (χ4n) is 4.76. The van der Waals surface area contributed by atoms with Gasteiger partial charge >= 0.3 is 0 Å².